The highest BCUT2D eigenvalue weighted by Gasteiger charge is 2.44. The number of hydrogen-bond acceptors (Lipinski definition) is 5. The number of likely N-dealkylation sites (tertiary alicyclic amines) is 1. The fraction of sp³-hybridized carbons (Fsp3) is 0.433. The van der Waals surface area contributed by atoms with Gasteiger partial charge in [0.1, 0.15) is 11.6 Å². The van der Waals surface area contributed by atoms with Gasteiger partial charge in [-0.3, -0.25) is 14.0 Å². The lowest BCUT2D eigenvalue weighted by molar-refractivity contribution is -0.141. The Kier molecular flexibility index (Phi) is 7.97. The van der Waals surface area contributed by atoms with Crippen LogP contribution in [0.15, 0.2) is 59.0 Å². The number of aromatic carboxylic acids is 1. The Balaban J connectivity index is 1.35. The second-order valence-corrected chi connectivity index (χ2v) is 10.7. The predicted molar refractivity (Wildman–Crippen MR) is 145 cm³/mol. The van der Waals surface area contributed by atoms with Crippen LogP contribution in [0.1, 0.15) is 60.6 Å². The van der Waals surface area contributed by atoms with E-state index in [2.05, 4.69) is 5.32 Å². The van der Waals surface area contributed by atoms with E-state index in [1.54, 1.807) is 23.1 Å². The molecule has 206 valence electrons. The molecule has 2 heterocycles. The van der Waals surface area contributed by atoms with E-state index < -0.39 is 18.7 Å². The normalized spacial score (nSPS) is 24.0. The van der Waals surface area contributed by atoms with Gasteiger partial charge in [-0.2, -0.15) is 0 Å². The van der Waals surface area contributed by atoms with Gasteiger partial charge < -0.3 is 25.5 Å². The van der Waals surface area contributed by atoms with Crippen LogP contribution in [0.2, 0.25) is 0 Å². The van der Waals surface area contributed by atoms with Gasteiger partial charge in [0, 0.05) is 35.5 Å². The van der Waals surface area contributed by atoms with Gasteiger partial charge in [0.2, 0.25) is 17.6 Å². The number of furan rings is 1. The number of nitrogens with two attached hydrogens (primary N) is 1. The largest absolute Gasteiger partial charge is 0.475 e. The number of carbonyl (C=O) groups excluding carboxylic acids is 2. The Labute approximate surface area is 226 Å². The number of halogens is 1. The van der Waals surface area contributed by atoms with E-state index >= 15 is 0 Å². The third kappa shape index (κ3) is 5.68. The Morgan fingerprint density at radius 1 is 1.05 bits per heavy atom. The Hall–Kier alpha value is -3.72. The molecular formula is C30H34FN3O5. The molecule has 9 heteroatoms. The molecule has 1 aliphatic carbocycles. The lowest BCUT2D eigenvalue weighted by Gasteiger charge is -2.35. The first-order valence-corrected chi connectivity index (χ1v) is 13.6. The summed E-state index contributed by atoms with van der Waals surface area (Å²) in [4.78, 5) is 40.6. The standard InChI is InChI=1S/C30H34FN3O5/c31-14-12-24(32)19-6-8-20(9-7-19)29(36)34-15-13-23(18-4-2-1-3-5-18)27(34)28(35)33-22-10-11-25-21(16-22)17-26(39-25)30(37)38/h1-5,10-11,16-17,19-20,23-24,27H,6-9,12-15,32H2,(H,33,35)(H,37,38)/t19?,20?,23-,24+,27-/m0/s1. The topological polar surface area (TPSA) is 126 Å². The number of rotatable bonds is 8. The summed E-state index contributed by atoms with van der Waals surface area (Å²) >= 11 is 0. The highest BCUT2D eigenvalue weighted by atomic mass is 19.1. The summed E-state index contributed by atoms with van der Waals surface area (Å²) in [5, 5.41) is 12.7. The summed E-state index contributed by atoms with van der Waals surface area (Å²) < 4.78 is 18.1. The Bertz CT molecular complexity index is 1330. The molecule has 0 bridgehead atoms. The van der Waals surface area contributed by atoms with Crippen LogP contribution in [0, 0.1) is 11.8 Å². The van der Waals surface area contributed by atoms with Crippen molar-refractivity contribution < 1.29 is 28.3 Å². The molecule has 3 aromatic rings. The van der Waals surface area contributed by atoms with E-state index in [1.807, 2.05) is 30.3 Å². The minimum atomic E-state index is -1.17. The maximum atomic E-state index is 13.8. The molecule has 0 spiro atoms. The van der Waals surface area contributed by atoms with Crippen molar-refractivity contribution >= 4 is 34.4 Å². The van der Waals surface area contributed by atoms with E-state index in [0.29, 0.717) is 48.9 Å². The first-order chi connectivity index (χ1) is 18.9. The summed E-state index contributed by atoms with van der Waals surface area (Å²) in [7, 11) is 0. The lowest BCUT2D eigenvalue weighted by Crippen LogP contribution is -2.48. The van der Waals surface area contributed by atoms with Gasteiger partial charge in [0.05, 0.1) is 6.67 Å². The molecule has 2 aromatic carbocycles. The number of fused-ring (bicyclic) bond motifs is 1. The van der Waals surface area contributed by atoms with E-state index in [9.17, 15) is 23.9 Å². The Morgan fingerprint density at radius 2 is 1.79 bits per heavy atom. The van der Waals surface area contributed by atoms with Crippen molar-refractivity contribution in [3.05, 3.63) is 65.9 Å². The van der Waals surface area contributed by atoms with Gasteiger partial charge in [-0.1, -0.05) is 30.3 Å². The monoisotopic (exact) mass is 535 g/mol. The van der Waals surface area contributed by atoms with Crippen LogP contribution in [0.5, 0.6) is 0 Å². The molecule has 5 rings (SSSR count). The summed E-state index contributed by atoms with van der Waals surface area (Å²) in [5.41, 5.74) is 8.06. The first-order valence-electron chi connectivity index (χ1n) is 13.6. The number of carboxylic acid groups (broad SMARTS) is 1. The van der Waals surface area contributed by atoms with Gasteiger partial charge in [0.25, 0.3) is 0 Å². The lowest BCUT2D eigenvalue weighted by atomic mass is 9.77. The van der Waals surface area contributed by atoms with Gasteiger partial charge >= 0.3 is 5.97 Å². The molecule has 0 unspecified atom stereocenters. The van der Waals surface area contributed by atoms with Gasteiger partial charge in [-0.15, -0.1) is 0 Å². The van der Waals surface area contributed by atoms with Crippen LogP contribution in [0.25, 0.3) is 11.0 Å². The fourth-order valence-corrected chi connectivity index (χ4v) is 6.25. The van der Waals surface area contributed by atoms with Crippen LogP contribution in [0.3, 0.4) is 0 Å². The molecule has 39 heavy (non-hydrogen) atoms. The predicted octanol–water partition coefficient (Wildman–Crippen LogP) is 4.95. The molecule has 0 radical (unpaired) electrons. The number of alkyl halides is 1. The van der Waals surface area contributed by atoms with Crippen molar-refractivity contribution in [3.63, 3.8) is 0 Å². The molecule has 4 N–H and O–H groups in total. The van der Waals surface area contributed by atoms with Crippen LogP contribution < -0.4 is 11.1 Å². The van der Waals surface area contributed by atoms with Crippen LogP contribution in [-0.2, 0) is 9.59 Å². The smallest absolute Gasteiger partial charge is 0.371 e. The SMILES string of the molecule is N[C@H](CCF)C1CCC(C(=O)N2CC[C@@H](c3ccccc3)[C@H]2C(=O)Nc2ccc3oc(C(=O)O)cc3c2)CC1. The number of nitrogens with zero attached hydrogens (tertiary/aromatic N) is 1. The minimum absolute atomic E-state index is 0.0116. The number of hydrogen-bond donors (Lipinski definition) is 3. The molecule has 2 aliphatic rings. The van der Waals surface area contributed by atoms with Gasteiger partial charge in [0.15, 0.2) is 0 Å². The van der Waals surface area contributed by atoms with Crippen molar-refractivity contribution in [2.24, 2.45) is 17.6 Å². The molecule has 3 atom stereocenters. The summed E-state index contributed by atoms with van der Waals surface area (Å²) in [5.74, 6) is -1.75. The molecular weight excluding hydrogens is 501 g/mol. The maximum Gasteiger partial charge on any atom is 0.371 e. The van der Waals surface area contributed by atoms with Crippen molar-refractivity contribution in [1.29, 1.82) is 0 Å². The fourth-order valence-electron chi connectivity index (χ4n) is 6.25. The van der Waals surface area contributed by atoms with Gasteiger partial charge in [-0.05, 0) is 74.3 Å². The first kappa shape index (κ1) is 26.9. The molecule has 1 aromatic heterocycles. The second-order valence-electron chi connectivity index (χ2n) is 10.7. The van der Waals surface area contributed by atoms with Crippen molar-refractivity contribution in [3.8, 4) is 0 Å². The van der Waals surface area contributed by atoms with E-state index in [4.69, 9.17) is 10.2 Å². The van der Waals surface area contributed by atoms with Crippen molar-refractivity contribution in [2.75, 3.05) is 18.5 Å². The zero-order chi connectivity index (χ0) is 27.5. The third-order valence-corrected chi connectivity index (χ3v) is 8.34. The highest BCUT2D eigenvalue weighted by molar-refractivity contribution is 6.00. The molecule has 8 nitrogen and oxygen atoms in total. The highest BCUT2D eigenvalue weighted by Crippen LogP contribution is 2.38. The van der Waals surface area contributed by atoms with Crippen molar-refractivity contribution in [1.82, 2.24) is 4.90 Å². The summed E-state index contributed by atoms with van der Waals surface area (Å²) in [6.45, 7) is 0.0558. The number of amides is 2. The van der Waals surface area contributed by atoms with E-state index in [1.165, 1.54) is 6.07 Å². The molecule has 1 saturated carbocycles. The zero-order valence-electron chi connectivity index (χ0n) is 21.7. The molecule has 2 amide bonds. The number of carboxylic acids is 1. The minimum Gasteiger partial charge on any atom is -0.475 e. The van der Waals surface area contributed by atoms with E-state index in [-0.39, 0.29) is 41.4 Å². The Morgan fingerprint density at radius 3 is 2.49 bits per heavy atom. The van der Waals surface area contributed by atoms with Crippen molar-refractivity contribution in [2.45, 2.75) is 56.5 Å². The van der Waals surface area contributed by atoms with Crippen LogP contribution in [0.4, 0.5) is 10.1 Å². The quantitative estimate of drug-likeness (QED) is 0.375. The van der Waals surface area contributed by atoms with Gasteiger partial charge in [-0.25, -0.2) is 4.79 Å². The zero-order valence-corrected chi connectivity index (χ0v) is 21.7. The maximum absolute atomic E-state index is 13.8. The van der Waals surface area contributed by atoms with E-state index in [0.717, 1.165) is 18.4 Å². The molecule has 2 fully saturated rings. The number of nitrogens with one attached hydrogen (secondary N) is 1. The molecule has 1 aliphatic heterocycles. The summed E-state index contributed by atoms with van der Waals surface area (Å²) in [6, 6.07) is 15.3. The van der Waals surface area contributed by atoms with Crippen LogP contribution >= 0.6 is 0 Å². The molecule has 1 saturated heterocycles. The number of anilines is 1. The average Bonchev–Trinajstić information content (AvgIpc) is 3.58. The average molecular weight is 536 g/mol. The third-order valence-electron chi connectivity index (χ3n) is 8.34. The number of benzene rings is 2. The van der Waals surface area contributed by atoms with Crippen LogP contribution in [-0.4, -0.2) is 53.1 Å². The second kappa shape index (κ2) is 11.6. The summed E-state index contributed by atoms with van der Waals surface area (Å²) in [6.07, 6.45) is 3.97. The number of carbonyl (C=O) groups is 3.